The number of hydrogen-bond donors (Lipinski definition) is 1. The van der Waals surface area contributed by atoms with Gasteiger partial charge in [0.15, 0.2) is 0 Å². The van der Waals surface area contributed by atoms with Crippen molar-refractivity contribution in [2.45, 2.75) is 39.0 Å². The quantitative estimate of drug-likeness (QED) is 0.693. The van der Waals surface area contributed by atoms with E-state index in [2.05, 4.69) is 5.32 Å². The number of ether oxygens (including phenoxy) is 1. The molecule has 6 nitrogen and oxygen atoms in total. The molecule has 0 fully saturated rings. The highest BCUT2D eigenvalue weighted by molar-refractivity contribution is 7.89. The summed E-state index contributed by atoms with van der Waals surface area (Å²) in [5.74, 6) is 0.285. The zero-order chi connectivity index (χ0) is 20.7. The summed E-state index contributed by atoms with van der Waals surface area (Å²) in [6.07, 6.45) is 0.775. The van der Waals surface area contributed by atoms with Crippen molar-refractivity contribution in [3.63, 3.8) is 0 Å². The number of anilines is 1. The SMILES string of the molecule is CCOc1ccc(S(=O)(=O)N(CC)CC(=O)Nc2ccccc2CC)cc1C. The summed E-state index contributed by atoms with van der Waals surface area (Å²) in [5, 5.41) is 2.82. The van der Waals surface area contributed by atoms with Gasteiger partial charge in [-0.15, -0.1) is 0 Å². The number of nitrogens with zero attached hydrogens (tertiary/aromatic N) is 1. The third-order valence-electron chi connectivity index (χ3n) is 4.43. The normalized spacial score (nSPS) is 11.5. The number of aryl methyl sites for hydroxylation is 2. The van der Waals surface area contributed by atoms with E-state index in [1.54, 1.807) is 26.0 Å². The van der Waals surface area contributed by atoms with Crippen molar-refractivity contribution in [3.05, 3.63) is 53.6 Å². The zero-order valence-electron chi connectivity index (χ0n) is 16.9. The Balaban J connectivity index is 2.19. The number of sulfonamides is 1. The minimum Gasteiger partial charge on any atom is -0.494 e. The van der Waals surface area contributed by atoms with Crippen LogP contribution in [0.5, 0.6) is 5.75 Å². The van der Waals surface area contributed by atoms with Gasteiger partial charge in [-0.3, -0.25) is 4.79 Å². The molecule has 1 N–H and O–H groups in total. The number of benzene rings is 2. The van der Waals surface area contributed by atoms with Gasteiger partial charge in [0.2, 0.25) is 15.9 Å². The predicted octanol–water partition coefficient (Wildman–Crippen LogP) is 3.61. The topological polar surface area (TPSA) is 75.7 Å². The van der Waals surface area contributed by atoms with Gasteiger partial charge < -0.3 is 10.1 Å². The lowest BCUT2D eigenvalue weighted by atomic mass is 10.1. The number of nitrogens with one attached hydrogen (secondary N) is 1. The van der Waals surface area contributed by atoms with Crippen LogP contribution in [0.1, 0.15) is 31.9 Å². The fraction of sp³-hybridized carbons (Fsp3) is 0.381. The largest absolute Gasteiger partial charge is 0.494 e. The van der Waals surface area contributed by atoms with Gasteiger partial charge in [-0.05, 0) is 55.7 Å². The van der Waals surface area contributed by atoms with E-state index in [1.807, 2.05) is 38.1 Å². The van der Waals surface area contributed by atoms with E-state index in [1.165, 1.54) is 10.4 Å². The molecule has 0 bridgehead atoms. The van der Waals surface area contributed by atoms with Crippen LogP contribution >= 0.6 is 0 Å². The van der Waals surface area contributed by atoms with Gasteiger partial charge in [-0.25, -0.2) is 8.42 Å². The second-order valence-corrected chi connectivity index (χ2v) is 8.29. The average Bonchev–Trinajstić information content (AvgIpc) is 2.68. The molecule has 2 rings (SSSR count). The second-order valence-electron chi connectivity index (χ2n) is 6.35. The number of carbonyl (C=O) groups excluding carboxylic acids is 1. The summed E-state index contributed by atoms with van der Waals surface area (Å²) >= 11 is 0. The second kappa shape index (κ2) is 9.71. The van der Waals surface area contributed by atoms with Gasteiger partial charge in [-0.2, -0.15) is 4.31 Å². The maximum absolute atomic E-state index is 13.0. The molecule has 0 spiro atoms. The number of carbonyl (C=O) groups is 1. The van der Waals surface area contributed by atoms with Gasteiger partial charge in [0.05, 0.1) is 18.0 Å². The summed E-state index contributed by atoms with van der Waals surface area (Å²) in [5.41, 5.74) is 2.45. The molecule has 2 aromatic rings. The standard InChI is InChI=1S/C21H28N2O4S/c1-5-17-10-8-9-11-19(17)22-21(24)15-23(6-2)28(25,26)18-12-13-20(27-7-3)16(4)14-18/h8-14H,5-7,15H2,1-4H3,(H,22,24). The molecular formula is C21H28N2O4S. The number of hydrogen-bond acceptors (Lipinski definition) is 4. The Kier molecular flexibility index (Phi) is 7.60. The molecule has 7 heteroatoms. The van der Waals surface area contributed by atoms with Gasteiger partial charge in [-0.1, -0.05) is 32.0 Å². The number of rotatable bonds is 9. The Labute approximate surface area is 167 Å². The summed E-state index contributed by atoms with van der Waals surface area (Å²) in [6, 6.07) is 12.2. The maximum atomic E-state index is 13.0. The van der Waals surface area contributed by atoms with Crippen molar-refractivity contribution in [1.82, 2.24) is 4.31 Å². The average molecular weight is 405 g/mol. The van der Waals surface area contributed by atoms with Crippen LogP contribution < -0.4 is 10.1 Å². The third kappa shape index (κ3) is 5.11. The Morgan fingerprint density at radius 3 is 2.43 bits per heavy atom. The molecule has 0 aliphatic carbocycles. The molecular weight excluding hydrogens is 376 g/mol. The van der Waals surface area contributed by atoms with Gasteiger partial charge in [0.25, 0.3) is 0 Å². The first-order valence-electron chi connectivity index (χ1n) is 9.44. The van der Waals surface area contributed by atoms with E-state index in [-0.39, 0.29) is 23.9 Å². The molecule has 0 saturated heterocycles. The van der Waals surface area contributed by atoms with Gasteiger partial charge in [0.1, 0.15) is 5.75 Å². The van der Waals surface area contributed by atoms with Crippen LogP contribution in [-0.2, 0) is 21.2 Å². The number of amides is 1. The first-order chi connectivity index (χ1) is 13.3. The molecule has 0 atom stereocenters. The van der Waals surface area contributed by atoms with Crippen molar-refractivity contribution in [2.75, 3.05) is 25.0 Å². The molecule has 0 aliphatic heterocycles. The van der Waals surface area contributed by atoms with Crippen molar-refractivity contribution in [1.29, 1.82) is 0 Å². The lowest BCUT2D eigenvalue weighted by Gasteiger charge is -2.21. The van der Waals surface area contributed by atoms with Crippen molar-refractivity contribution < 1.29 is 17.9 Å². The Morgan fingerprint density at radius 1 is 1.11 bits per heavy atom. The molecule has 0 aliphatic rings. The monoisotopic (exact) mass is 404 g/mol. The van der Waals surface area contributed by atoms with Crippen LogP contribution in [0.4, 0.5) is 5.69 Å². The lowest BCUT2D eigenvalue weighted by molar-refractivity contribution is -0.116. The van der Waals surface area contributed by atoms with E-state index in [0.29, 0.717) is 18.0 Å². The summed E-state index contributed by atoms with van der Waals surface area (Å²) in [7, 11) is -3.79. The van der Waals surface area contributed by atoms with Crippen LogP contribution in [0.2, 0.25) is 0 Å². The molecule has 0 aromatic heterocycles. The fourth-order valence-corrected chi connectivity index (χ4v) is 4.41. The highest BCUT2D eigenvalue weighted by Crippen LogP contribution is 2.24. The molecule has 28 heavy (non-hydrogen) atoms. The van der Waals surface area contributed by atoms with Crippen molar-refractivity contribution >= 4 is 21.6 Å². The van der Waals surface area contributed by atoms with Crippen LogP contribution in [0, 0.1) is 6.92 Å². The first kappa shape index (κ1) is 21.9. The van der Waals surface area contributed by atoms with E-state index >= 15 is 0 Å². The lowest BCUT2D eigenvalue weighted by Crippen LogP contribution is -2.38. The maximum Gasteiger partial charge on any atom is 0.243 e. The molecule has 152 valence electrons. The Hall–Kier alpha value is -2.38. The van der Waals surface area contributed by atoms with E-state index in [4.69, 9.17) is 4.74 Å². The van der Waals surface area contributed by atoms with Crippen molar-refractivity contribution in [2.24, 2.45) is 0 Å². The van der Waals surface area contributed by atoms with E-state index < -0.39 is 10.0 Å². The highest BCUT2D eigenvalue weighted by Gasteiger charge is 2.26. The summed E-state index contributed by atoms with van der Waals surface area (Å²) in [4.78, 5) is 12.6. The zero-order valence-corrected chi connectivity index (χ0v) is 17.7. The van der Waals surface area contributed by atoms with E-state index in [0.717, 1.165) is 17.5 Å². The van der Waals surface area contributed by atoms with Gasteiger partial charge >= 0.3 is 0 Å². The number of likely N-dealkylation sites (N-methyl/N-ethyl adjacent to an activating group) is 1. The van der Waals surface area contributed by atoms with Crippen LogP contribution in [-0.4, -0.2) is 38.3 Å². The predicted molar refractivity (Wildman–Crippen MR) is 111 cm³/mol. The molecule has 1 amide bonds. The minimum absolute atomic E-state index is 0.150. The summed E-state index contributed by atoms with van der Waals surface area (Å²) < 4.78 is 32.6. The fourth-order valence-electron chi connectivity index (χ4n) is 2.92. The van der Waals surface area contributed by atoms with Crippen LogP contribution in [0.15, 0.2) is 47.4 Å². The molecule has 2 aromatic carbocycles. The smallest absolute Gasteiger partial charge is 0.243 e. The molecule has 0 saturated carbocycles. The Bertz CT molecular complexity index is 926. The number of para-hydroxylation sites is 1. The minimum atomic E-state index is -3.79. The van der Waals surface area contributed by atoms with Crippen molar-refractivity contribution in [3.8, 4) is 5.75 Å². The molecule has 0 heterocycles. The first-order valence-corrected chi connectivity index (χ1v) is 10.9. The van der Waals surface area contributed by atoms with Crippen LogP contribution in [0.3, 0.4) is 0 Å². The molecule has 0 unspecified atom stereocenters. The molecule has 0 radical (unpaired) electrons. The third-order valence-corrected chi connectivity index (χ3v) is 6.35. The Morgan fingerprint density at radius 2 is 1.82 bits per heavy atom. The summed E-state index contributed by atoms with van der Waals surface area (Å²) in [6.45, 7) is 7.84. The van der Waals surface area contributed by atoms with E-state index in [9.17, 15) is 13.2 Å². The van der Waals surface area contributed by atoms with Crippen LogP contribution in [0.25, 0.3) is 0 Å². The highest BCUT2D eigenvalue weighted by atomic mass is 32.2. The van der Waals surface area contributed by atoms with Gasteiger partial charge in [0, 0.05) is 12.2 Å².